The highest BCUT2D eigenvalue weighted by Crippen LogP contribution is 2.18. The first kappa shape index (κ1) is 9.22. The number of nitrogens with two attached hydrogens (primary N) is 2. The van der Waals surface area contributed by atoms with Crippen LogP contribution in [0.4, 0.5) is 5.82 Å². The number of hydrogen-bond donors (Lipinski definition) is 2. The lowest BCUT2D eigenvalue weighted by Crippen LogP contribution is -2.13. The number of aromatic nitrogens is 1. The molecule has 1 heterocycles. The highest BCUT2D eigenvalue weighted by atomic mass is 35.5. The third-order valence-corrected chi connectivity index (χ3v) is 2.05. The van der Waals surface area contributed by atoms with Crippen molar-refractivity contribution in [2.24, 2.45) is 5.73 Å². The summed E-state index contributed by atoms with van der Waals surface area (Å²) >= 11 is 10.5. The molecule has 0 aliphatic rings. The predicted molar refractivity (Wildman–Crippen MR) is 54.3 cm³/mol. The smallest absolute Gasteiger partial charge is 0.134 e. The van der Waals surface area contributed by atoms with Crippen LogP contribution in [-0.4, -0.2) is 9.97 Å². The Balaban J connectivity index is 3.33. The molecule has 0 amide bonds. The van der Waals surface area contributed by atoms with Crippen LogP contribution in [0, 0.1) is 6.92 Å². The molecule has 0 radical (unpaired) electrons. The fourth-order valence-corrected chi connectivity index (χ4v) is 1.11. The second-order valence-electron chi connectivity index (χ2n) is 2.35. The zero-order chi connectivity index (χ0) is 9.30. The van der Waals surface area contributed by atoms with Crippen LogP contribution in [0.3, 0.4) is 0 Å². The van der Waals surface area contributed by atoms with Gasteiger partial charge in [0.15, 0.2) is 0 Å². The molecule has 0 bridgehead atoms. The van der Waals surface area contributed by atoms with E-state index in [0.29, 0.717) is 22.1 Å². The first-order valence-electron chi connectivity index (χ1n) is 3.25. The van der Waals surface area contributed by atoms with Gasteiger partial charge in [0.1, 0.15) is 10.8 Å². The van der Waals surface area contributed by atoms with Crippen LogP contribution >= 0.6 is 23.8 Å². The maximum absolute atomic E-state index is 5.80. The molecule has 0 aliphatic carbocycles. The van der Waals surface area contributed by atoms with Gasteiger partial charge in [0.25, 0.3) is 0 Å². The third-order valence-electron chi connectivity index (χ3n) is 1.45. The van der Waals surface area contributed by atoms with Crippen molar-refractivity contribution in [2.45, 2.75) is 6.92 Å². The number of anilines is 1. The van der Waals surface area contributed by atoms with E-state index in [2.05, 4.69) is 4.98 Å². The molecule has 4 N–H and O–H groups in total. The van der Waals surface area contributed by atoms with Crippen LogP contribution in [0.15, 0.2) is 6.07 Å². The molecular formula is C7H8ClN3S. The largest absolute Gasteiger partial charge is 0.389 e. The summed E-state index contributed by atoms with van der Waals surface area (Å²) in [4.78, 5) is 4.18. The van der Waals surface area contributed by atoms with Crippen molar-refractivity contribution in [2.75, 3.05) is 5.73 Å². The Morgan fingerprint density at radius 3 is 2.75 bits per heavy atom. The second kappa shape index (κ2) is 3.25. The number of thiocarbonyl (C=S) groups is 1. The molecule has 3 nitrogen and oxygen atoms in total. The van der Waals surface area contributed by atoms with E-state index in [9.17, 15) is 0 Å². The summed E-state index contributed by atoms with van der Waals surface area (Å²) in [5.41, 5.74) is 12.1. The van der Waals surface area contributed by atoms with E-state index >= 15 is 0 Å². The molecule has 0 aliphatic heterocycles. The van der Waals surface area contributed by atoms with Gasteiger partial charge in [-0.2, -0.15) is 0 Å². The van der Waals surface area contributed by atoms with Crippen LogP contribution in [0.2, 0.25) is 5.02 Å². The lowest BCUT2D eigenvalue weighted by molar-refractivity contribution is 1.20. The highest BCUT2D eigenvalue weighted by Gasteiger charge is 2.06. The fourth-order valence-electron chi connectivity index (χ4n) is 0.797. The zero-order valence-electron chi connectivity index (χ0n) is 6.47. The van der Waals surface area contributed by atoms with Gasteiger partial charge >= 0.3 is 0 Å². The van der Waals surface area contributed by atoms with Gasteiger partial charge in [-0.05, 0) is 13.0 Å². The van der Waals surface area contributed by atoms with Crippen molar-refractivity contribution in [3.63, 3.8) is 0 Å². The molecular weight excluding hydrogens is 194 g/mol. The van der Waals surface area contributed by atoms with E-state index in [1.807, 2.05) is 0 Å². The standard InChI is InChI=1S/C7H8ClN3S/c1-3-5(8)2-4(7(10)12)6(9)11-3/h2H,1H3,(H2,9,11)(H2,10,12). The van der Waals surface area contributed by atoms with Gasteiger partial charge in [-0.15, -0.1) is 0 Å². The topological polar surface area (TPSA) is 64.9 Å². The molecule has 0 atom stereocenters. The van der Waals surface area contributed by atoms with Gasteiger partial charge in [-0.3, -0.25) is 0 Å². The number of hydrogen-bond acceptors (Lipinski definition) is 3. The number of nitrogen functional groups attached to an aromatic ring is 1. The van der Waals surface area contributed by atoms with Gasteiger partial charge in [0, 0.05) is 0 Å². The molecule has 1 aromatic rings. The van der Waals surface area contributed by atoms with Gasteiger partial charge in [-0.25, -0.2) is 4.98 Å². The lowest BCUT2D eigenvalue weighted by Gasteiger charge is -2.04. The molecule has 0 aromatic carbocycles. The van der Waals surface area contributed by atoms with E-state index in [1.165, 1.54) is 0 Å². The molecule has 64 valence electrons. The Kier molecular flexibility index (Phi) is 2.49. The van der Waals surface area contributed by atoms with E-state index in [4.69, 9.17) is 35.3 Å². The number of halogens is 1. The average molecular weight is 202 g/mol. The molecule has 0 unspecified atom stereocenters. The highest BCUT2D eigenvalue weighted by molar-refractivity contribution is 7.80. The van der Waals surface area contributed by atoms with E-state index in [0.717, 1.165) is 0 Å². The van der Waals surface area contributed by atoms with Gasteiger partial charge in [0.2, 0.25) is 0 Å². The van der Waals surface area contributed by atoms with Crippen LogP contribution in [0.25, 0.3) is 0 Å². The minimum atomic E-state index is 0.210. The van der Waals surface area contributed by atoms with Crippen LogP contribution in [0.1, 0.15) is 11.3 Å². The molecule has 0 saturated carbocycles. The van der Waals surface area contributed by atoms with Crippen molar-refractivity contribution in [1.29, 1.82) is 0 Å². The summed E-state index contributed by atoms with van der Waals surface area (Å²) in [6, 6.07) is 1.63. The second-order valence-corrected chi connectivity index (χ2v) is 3.20. The Morgan fingerprint density at radius 1 is 1.67 bits per heavy atom. The summed E-state index contributed by atoms with van der Waals surface area (Å²) in [7, 11) is 0. The van der Waals surface area contributed by atoms with Gasteiger partial charge < -0.3 is 11.5 Å². The summed E-state index contributed by atoms with van der Waals surface area (Å²) in [6.45, 7) is 1.77. The number of aryl methyl sites for hydroxylation is 1. The Labute approximate surface area is 80.7 Å². The average Bonchev–Trinajstić information content (AvgIpc) is 1.96. The Morgan fingerprint density at radius 2 is 2.25 bits per heavy atom. The van der Waals surface area contributed by atoms with E-state index in [1.54, 1.807) is 13.0 Å². The maximum Gasteiger partial charge on any atom is 0.134 e. The van der Waals surface area contributed by atoms with Crippen LogP contribution < -0.4 is 11.5 Å². The minimum Gasteiger partial charge on any atom is -0.389 e. The molecule has 0 spiro atoms. The first-order chi connectivity index (χ1) is 5.52. The van der Waals surface area contributed by atoms with Gasteiger partial charge in [0.05, 0.1) is 16.3 Å². The lowest BCUT2D eigenvalue weighted by atomic mass is 10.2. The first-order valence-corrected chi connectivity index (χ1v) is 4.03. The summed E-state index contributed by atoms with van der Waals surface area (Å²) < 4.78 is 0. The molecule has 0 fully saturated rings. The molecule has 5 heteroatoms. The monoisotopic (exact) mass is 201 g/mol. The van der Waals surface area contributed by atoms with Crippen molar-refractivity contribution in [3.05, 3.63) is 22.3 Å². The SMILES string of the molecule is Cc1nc(N)c(C(N)=S)cc1Cl. The van der Waals surface area contributed by atoms with E-state index in [-0.39, 0.29) is 4.99 Å². The quantitative estimate of drug-likeness (QED) is 0.672. The molecule has 1 aromatic heterocycles. The fraction of sp³-hybridized carbons (Fsp3) is 0.143. The zero-order valence-corrected chi connectivity index (χ0v) is 8.04. The molecule has 0 saturated heterocycles. The van der Waals surface area contributed by atoms with Crippen LogP contribution in [0.5, 0.6) is 0 Å². The predicted octanol–water partition coefficient (Wildman–Crippen LogP) is 1.26. The number of pyridine rings is 1. The van der Waals surface area contributed by atoms with E-state index < -0.39 is 0 Å². The third kappa shape index (κ3) is 1.65. The number of nitrogens with zero attached hydrogens (tertiary/aromatic N) is 1. The van der Waals surface area contributed by atoms with Crippen molar-refractivity contribution >= 4 is 34.6 Å². The van der Waals surface area contributed by atoms with Crippen molar-refractivity contribution in [3.8, 4) is 0 Å². The number of rotatable bonds is 1. The summed E-state index contributed by atoms with van der Waals surface area (Å²) in [5.74, 6) is 0.324. The summed E-state index contributed by atoms with van der Waals surface area (Å²) in [6.07, 6.45) is 0. The van der Waals surface area contributed by atoms with Crippen LogP contribution in [-0.2, 0) is 0 Å². The normalized spacial score (nSPS) is 9.83. The Bertz CT molecular complexity index is 338. The van der Waals surface area contributed by atoms with Gasteiger partial charge in [-0.1, -0.05) is 23.8 Å². The minimum absolute atomic E-state index is 0.210. The maximum atomic E-state index is 5.80. The molecule has 1 rings (SSSR count). The van der Waals surface area contributed by atoms with Crippen molar-refractivity contribution in [1.82, 2.24) is 4.98 Å². The summed E-state index contributed by atoms with van der Waals surface area (Å²) in [5, 5.41) is 0.520. The molecule has 12 heavy (non-hydrogen) atoms. The van der Waals surface area contributed by atoms with Crippen molar-refractivity contribution < 1.29 is 0 Å². The Hall–Kier alpha value is -0.870.